The lowest BCUT2D eigenvalue weighted by atomic mass is 10.1. The molecule has 0 aliphatic heterocycles. The summed E-state index contributed by atoms with van der Waals surface area (Å²) in [7, 11) is 3.90. The molecule has 5 heteroatoms. The fourth-order valence-corrected chi connectivity index (χ4v) is 2.16. The first-order valence-corrected chi connectivity index (χ1v) is 6.47. The van der Waals surface area contributed by atoms with E-state index in [-0.39, 0.29) is 19.3 Å². The topological polar surface area (TPSA) is 61.5 Å². The summed E-state index contributed by atoms with van der Waals surface area (Å²) < 4.78 is 2.00. The molecule has 1 aromatic heterocycles. The third kappa shape index (κ3) is 3.12. The second-order valence-electron chi connectivity index (χ2n) is 4.93. The van der Waals surface area contributed by atoms with Crippen molar-refractivity contribution in [1.29, 1.82) is 0 Å². The maximum atomic E-state index is 9.12. The minimum Gasteiger partial charge on any atom is -0.395 e. The molecule has 0 amide bonds. The van der Waals surface area contributed by atoms with Gasteiger partial charge in [-0.25, -0.2) is 4.98 Å². The monoisotopic (exact) mass is 263 g/mol. The Morgan fingerprint density at radius 3 is 2.74 bits per heavy atom. The van der Waals surface area contributed by atoms with Gasteiger partial charge in [0.2, 0.25) is 0 Å². The predicted molar refractivity (Wildman–Crippen MR) is 75.0 cm³/mol. The molecule has 0 aliphatic rings. The Morgan fingerprint density at radius 1 is 1.32 bits per heavy atom. The van der Waals surface area contributed by atoms with Gasteiger partial charge in [-0.1, -0.05) is 6.07 Å². The average molecular weight is 263 g/mol. The molecule has 0 spiro atoms. The van der Waals surface area contributed by atoms with E-state index in [0.29, 0.717) is 0 Å². The Labute approximate surface area is 113 Å². The zero-order valence-corrected chi connectivity index (χ0v) is 11.5. The molecule has 1 heterocycles. The summed E-state index contributed by atoms with van der Waals surface area (Å²) in [5, 5.41) is 18.2. The lowest BCUT2D eigenvalue weighted by Gasteiger charge is -2.24. The van der Waals surface area contributed by atoms with Crippen LogP contribution < -0.4 is 0 Å². The van der Waals surface area contributed by atoms with E-state index < -0.39 is 0 Å². The number of aromatic nitrogens is 2. The van der Waals surface area contributed by atoms with Crippen molar-refractivity contribution in [3.8, 4) is 0 Å². The Morgan fingerprint density at radius 2 is 2.05 bits per heavy atom. The number of aliphatic hydroxyl groups is 2. The summed E-state index contributed by atoms with van der Waals surface area (Å²) in [6, 6.07) is 6.09. The number of hydrogen-bond donors (Lipinski definition) is 2. The maximum absolute atomic E-state index is 9.12. The summed E-state index contributed by atoms with van der Waals surface area (Å²) in [5.74, 6) is 0. The Balaban J connectivity index is 2.01. The highest BCUT2D eigenvalue weighted by atomic mass is 16.3. The molecule has 104 valence electrons. The van der Waals surface area contributed by atoms with Crippen molar-refractivity contribution in [2.24, 2.45) is 7.05 Å². The Kier molecular flexibility index (Phi) is 4.52. The second-order valence-corrected chi connectivity index (χ2v) is 4.93. The van der Waals surface area contributed by atoms with Crippen LogP contribution in [0.2, 0.25) is 0 Å². The average Bonchev–Trinajstić information content (AvgIpc) is 2.79. The van der Waals surface area contributed by atoms with Gasteiger partial charge < -0.3 is 14.8 Å². The molecular formula is C14H21N3O2. The quantitative estimate of drug-likeness (QED) is 0.792. The molecule has 0 bridgehead atoms. The molecule has 19 heavy (non-hydrogen) atoms. The number of fused-ring (bicyclic) bond motifs is 1. The Bertz CT molecular complexity index is 534. The van der Waals surface area contributed by atoms with Crippen LogP contribution in [0.4, 0.5) is 0 Å². The zero-order chi connectivity index (χ0) is 13.8. The van der Waals surface area contributed by atoms with Crippen molar-refractivity contribution in [2.45, 2.75) is 12.5 Å². The normalized spacial score (nSPS) is 11.9. The van der Waals surface area contributed by atoms with E-state index in [1.165, 1.54) is 5.56 Å². The van der Waals surface area contributed by atoms with Crippen molar-refractivity contribution >= 4 is 11.0 Å². The van der Waals surface area contributed by atoms with Gasteiger partial charge in [-0.05, 0) is 31.2 Å². The highest BCUT2D eigenvalue weighted by Gasteiger charge is 2.12. The van der Waals surface area contributed by atoms with Crippen LogP contribution in [-0.2, 0) is 13.5 Å². The summed E-state index contributed by atoms with van der Waals surface area (Å²) in [4.78, 5) is 6.32. The first-order chi connectivity index (χ1) is 9.15. The van der Waals surface area contributed by atoms with Crippen LogP contribution in [0, 0.1) is 0 Å². The molecule has 0 saturated heterocycles. The van der Waals surface area contributed by atoms with Gasteiger partial charge in [-0.3, -0.25) is 4.90 Å². The van der Waals surface area contributed by atoms with Crippen molar-refractivity contribution in [3.63, 3.8) is 0 Å². The number of aryl methyl sites for hydroxylation is 1. The van der Waals surface area contributed by atoms with Crippen LogP contribution in [0.5, 0.6) is 0 Å². The molecule has 5 nitrogen and oxygen atoms in total. The highest BCUT2D eigenvalue weighted by Crippen LogP contribution is 2.14. The van der Waals surface area contributed by atoms with Crippen LogP contribution in [0.1, 0.15) is 5.56 Å². The number of hydrogen-bond acceptors (Lipinski definition) is 4. The molecule has 0 radical (unpaired) electrons. The molecule has 2 rings (SSSR count). The van der Waals surface area contributed by atoms with E-state index in [9.17, 15) is 0 Å². The van der Waals surface area contributed by atoms with Crippen molar-refractivity contribution < 1.29 is 10.2 Å². The molecule has 2 N–H and O–H groups in total. The van der Waals surface area contributed by atoms with E-state index in [4.69, 9.17) is 10.2 Å². The van der Waals surface area contributed by atoms with Gasteiger partial charge in [0.25, 0.3) is 0 Å². The fraction of sp³-hybridized carbons (Fsp3) is 0.500. The van der Waals surface area contributed by atoms with Crippen LogP contribution in [-0.4, -0.2) is 57.5 Å². The van der Waals surface area contributed by atoms with Gasteiger partial charge in [0.1, 0.15) is 0 Å². The minimum atomic E-state index is -0.182. The molecule has 0 fully saturated rings. The summed E-state index contributed by atoms with van der Waals surface area (Å²) in [6.07, 6.45) is 2.69. The predicted octanol–water partition coefficient (Wildman–Crippen LogP) is 0.401. The van der Waals surface area contributed by atoms with E-state index in [0.717, 1.165) is 24.0 Å². The molecule has 0 aliphatic carbocycles. The van der Waals surface area contributed by atoms with E-state index in [1.54, 1.807) is 0 Å². The van der Waals surface area contributed by atoms with Crippen LogP contribution >= 0.6 is 0 Å². The maximum Gasteiger partial charge on any atom is 0.0955 e. The van der Waals surface area contributed by atoms with Crippen molar-refractivity contribution in [2.75, 3.05) is 26.8 Å². The van der Waals surface area contributed by atoms with Crippen LogP contribution in [0.25, 0.3) is 11.0 Å². The third-order valence-electron chi connectivity index (χ3n) is 3.59. The van der Waals surface area contributed by atoms with E-state index >= 15 is 0 Å². The molecule has 0 saturated carbocycles. The van der Waals surface area contributed by atoms with Crippen LogP contribution in [0.15, 0.2) is 24.5 Å². The first kappa shape index (κ1) is 14.0. The lowest BCUT2D eigenvalue weighted by molar-refractivity contribution is 0.0925. The van der Waals surface area contributed by atoms with Gasteiger partial charge in [0.05, 0.1) is 36.6 Å². The summed E-state index contributed by atoms with van der Waals surface area (Å²) in [5.41, 5.74) is 3.34. The van der Waals surface area contributed by atoms with Gasteiger partial charge in [-0.15, -0.1) is 0 Å². The molecule has 0 unspecified atom stereocenters. The van der Waals surface area contributed by atoms with Gasteiger partial charge in [0.15, 0.2) is 0 Å². The number of nitrogens with zero attached hydrogens (tertiary/aromatic N) is 3. The SMILES string of the molecule is CN(CCc1ccc2c(c1)ncn2C)C(CO)CO. The van der Waals surface area contributed by atoms with E-state index in [1.807, 2.05) is 29.9 Å². The molecule has 0 atom stereocenters. The number of likely N-dealkylation sites (N-methyl/N-ethyl adjacent to an activating group) is 1. The van der Waals surface area contributed by atoms with Gasteiger partial charge >= 0.3 is 0 Å². The fourth-order valence-electron chi connectivity index (χ4n) is 2.16. The van der Waals surface area contributed by atoms with Crippen LogP contribution in [0.3, 0.4) is 0 Å². The number of aliphatic hydroxyl groups excluding tert-OH is 2. The van der Waals surface area contributed by atoms with Gasteiger partial charge in [0, 0.05) is 13.6 Å². The molecule has 2 aromatic rings. The van der Waals surface area contributed by atoms with E-state index in [2.05, 4.69) is 23.2 Å². The first-order valence-electron chi connectivity index (χ1n) is 6.47. The largest absolute Gasteiger partial charge is 0.395 e. The number of imidazole rings is 1. The minimum absolute atomic E-state index is 0.0216. The second kappa shape index (κ2) is 6.14. The molecule has 1 aromatic carbocycles. The molecular weight excluding hydrogens is 242 g/mol. The Hall–Kier alpha value is -1.43. The van der Waals surface area contributed by atoms with Gasteiger partial charge in [-0.2, -0.15) is 0 Å². The summed E-state index contributed by atoms with van der Waals surface area (Å²) in [6.45, 7) is 0.753. The summed E-state index contributed by atoms with van der Waals surface area (Å²) >= 11 is 0. The standard InChI is InChI=1S/C14H21N3O2/c1-16(12(8-18)9-19)6-5-11-3-4-14-13(7-11)15-10-17(14)2/h3-4,7,10,12,18-19H,5-6,8-9H2,1-2H3. The van der Waals surface area contributed by atoms with Crippen molar-refractivity contribution in [3.05, 3.63) is 30.1 Å². The number of benzene rings is 1. The highest BCUT2D eigenvalue weighted by molar-refractivity contribution is 5.75. The van der Waals surface area contributed by atoms with Crippen molar-refractivity contribution in [1.82, 2.24) is 14.5 Å². The zero-order valence-electron chi connectivity index (χ0n) is 11.5. The smallest absolute Gasteiger partial charge is 0.0955 e. The number of rotatable bonds is 6. The third-order valence-corrected chi connectivity index (χ3v) is 3.59. The lowest BCUT2D eigenvalue weighted by Crippen LogP contribution is -2.38.